The van der Waals surface area contributed by atoms with Crippen molar-refractivity contribution in [3.63, 3.8) is 0 Å². The molecule has 5 rings (SSSR count). The van der Waals surface area contributed by atoms with Gasteiger partial charge in [0, 0.05) is 21.5 Å². The molecule has 2 fully saturated rings. The van der Waals surface area contributed by atoms with E-state index in [9.17, 15) is 9.59 Å². The van der Waals surface area contributed by atoms with Crippen molar-refractivity contribution < 1.29 is 14.3 Å². The van der Waals surface area contributed by atoms with Gasteiger partial charge in [-0.2, -0.15) is 15.0 Å². The van der Waals surface area contributed by atoms with Gasteiger partial charge in [0.2, 0.25) is 11.9 Å². The fourth-order valence-corrected chi connectivity index (χ4v) is 4.88. The minimum Gasteiger partial charge on any atom is -0.435 e. The molecule has 1 aromatic carbocycles. The average Bonchev–Trinajstić information content (AvgIpc) is 3.07. The highest BCUT2D eigenvalue weighted by Crippen LogP contribution is 2.41. The number of carbonyl (C=O) groups excluding carboxylic acids is 1. The maximum atomic E-state index is 12.8. The largest absolute Gasteiger partial charge is 0.435 e. The number of hydrogen-bond donors (Lipinski definition) is 2. The fraction of sp³-hybridized carbons (Fsp3) is 0.435. The summed E-state index contributed by atoms with van der Waals surface area (Å²) in [5, 5.41) is 4.57. The number of rotatable bonds is 5. The van der Waals surface area contributed by atoms with Gasteiger partial charge in [-0.15, -0.1) is 0 Å². The lowest BCUT2D eigenvalue weighted by Crippen LogP contribution is -2.61. The van der Waals surface area contributed by atoms with Crippen molar-refractivity contribution in [3.05, 3.63) is 51.0 Å². The summed E-state index contributed by atoms with van der Waals surface area (Å²) in [5.41, 5.74) is 0.285. The Morgan fingerprint density at radius 2 is 1.94 bits per heavy atom. The van der Waals surface area contributed by atoms with Gasteiger partial charge in [-0.3, -0.25) is 4.79 Å². The molecular weight excluding hydrogens is 460 g/mol. The second-order valence-electron chi connectivity index (χ2n) is 9.14. The van der Waals surface area contributed by atoms with Crippen LogP contribution in [-0.4, -0.2) is 50.9 Å². The highest BCUT2D eigenvalue weighted by Gasteiger charge is 2.61. The van der Waals surface area contributed by atoms with Crippen molar-refractivity contribution in [2.75, 3.05) is 23.4 Å². The predicted molar refractivity (Wildman–Crippen MR) is 127 cm³/mol. The molecule has 0 aliphatic carbocycles. The Bertz CT molecular complexity index is 1340. The Morgan fingerprint density at radius 3 is 2.62 bits per heavy atom. The third kappa shape index (κ3) is 3.76. The summed E-state index contributed by atoms with van der Waals surface area (Å²) >= 11 is 6.11. The van der Waals surface area contributed by atoms with E-state index in [1.807, 2.05) is 20.8 Å². The first-order valence-corrected chi connectivity index (χ1v) is 11.5. The fourth-order valence-electron chi connectivity index (χ4n) is 4.70. The number of nitrogens with one attached hydrogen (secondary N) is 2. The number of nitrogens with zero attached hydrogens (tertiary/aromatic N) is 4. The molecule has 178 valence electrons. The number of aromatic amines is 1. The number of benzene rings is 1. The minimum atomic E-state index is -0.688. The zero-order chi connectivity index (χ0) is 24.2. The second-order valence-corrected chi connectivity index (χ2v) is 9.58. The van der Waals surface area contributed by atoms with Crippen LogP contribution in [0.25, 0.3) is 10.9 Å². The molecule has 0 unspecified atom stereocenters. The van der Waals surface area contributed by atoms with E-state index in [2.05, 4.69) is 25.3 Å². The normalized spacial score (nSPS) is 20.0. The van der Waals surface area contributed by atoms with Crippen molar-refractivity contribution in [2.24, 2.45) is 5.92 Å². The number of anilines is 2. The quantitative estimate of drug-likeness (QED) is 0.563. The van der Waals surface area contributed by atoms with E-state index in [0.717, 1.165) is 5.39 Å². The summed E-state index contributed by atoms with van der Waals surface area (Å²) in [5.74, 6) is 0.973. The zero-order valence-corrected chi connectivity index (χ0v) is 20.0. The maximum Gasteiger partial charge on any atom is 0.417 e. The molecule has 0 saturated carbocycles. The van der Waals surface area contributed by atoms with Gasteiger partial charge < -0.3 is 19.8 Å². The van der Waals surface area contributed by atoms with Gasteiger partial charge in [0.1, 0.15) is 5.82 Å². The summed E-state index contributed by atoms with van der Waals surface area (Å²) in [6.07, 6.45) is -0.505. The molecule has 2 atom stereocenters. The Morgan fingerprint density at radius 1 is 1.18 bits per heavy atom. The number of hydrogen-bond acceptors (Lipinski definition) is 8. The number of halogens is 1. The van der Waals surface area contributed by atoms with Gasteiger partial charge in [0.25, 0.3) is 5.56 Å². The molecule has 34 heavy (non-hydrogen) atoms. The molecule has 2 aliphatic heterocycles. The van der Waals surface area contributed by atoms with Gasteiger partial charge in [0.05, 0.1) is 25.3 Å². The lowest BCUT2D eigenvalue weighted by molar-refractivity contribution is -0.174. The lowest BCUT2D eigenvalue weighted by Gasteiger charge is -2.42. The van der Waals surface area contributed by atoms with Crippen LogP contribution in [0.4, 0.5) is 16.7 Å². The van der Waals surface area contributed by atoms with Crippen LogP contribution in [0.15, 0.2) is 29.1 Å². The first kappa shape index (κ1) is 22.5. The van der Waals surface area contributed by atoms with Crippen LogP contribution in [0.3, 0.4) is 0 Å². The van der Waals surface area contributed by atoms with Crippen LogP contribution in [0.2, 0.25) is 5.02 Å². The topological polar surface area (TPSA) is 122 Å². The number of amides is 1. The summed E-state index contributed by atoms with van der Waals surface area (Å²) in [4.78, 5) is 43.2. The number of ether oxygens (including phenoxy) is 2. The third-order valence-electron chi connectivity index (χ3n) is 6.23. The molecule has 2 aliphatic rings. The van der Waals surface area contributed by atoms with E-state index >= 15 is 0 Å². The van der Waals surface area contributed by atoms with Crippen LogP contribution in [0, 0.1) is 12.8 Å². The number of pyridine rings is 1. The van der Waals surface area contributed by atoms with Crippen LogP contribution in [-0.2, 0) is 9.47 Å². The summed E-state index contributed by atoms with van der Waals surface area (Å²) in [7, 11) is 0. The SMILES string of the molecule is Cc1nc(N[C@@H](C)c2cc3cc(Cl)ccc3[nH]c2=O)nc(N2C(=O)OC3(COC3)[C@@H]2C(C)C)n1. The van der Waals surface area contributed by atoms with Gasteiger partial charge in [-0.05, 0) is 44.0 Å². The molecular formula is C23H25ClN6O4. The van der Waals surface area contributed by atoms with Crippen LogP contribution in [0.5, 0.6) is 0 Å². The van der Waals surface area contributed by atoms with Crippen LogP contribution in [0.1, 0.15) is 38.2 Å². The standard InChI is InChI=1S/C23H25ClN6O4/c1-11(2)18-23(9-33-10-23)34-22(32)30(18)21-27-13(4)26-20(29-21)25-12(3)16-8-14-7-15(24)5-6-17(14)28-19(16)31/h5-8,11-12,18H,9-10H2,1-4H3,(H,28,31)(H,25,26,27,29)/t12-,18-/m0/s1. The molecule has 3 aromatic rings. The summed E-state index contributed by atoms with van der Waals surface area (Å²) in [6.45, 7) is 8.29. The molecule has 1 amide bonds. The Labute approximate surface area is 200 Å². The first-order valence-electron chi connectivity index (χ1n) is 11.1. The number of aromatic nitrogens is 4. The minimum absolute atomic E-state index is 0.0886. The van der Waals surface area contributed by atoms with Gasteiger partial charge >= 0.3 is 6.09 Å². The first-order chi connectivity index (χ1) is 16.2. The summed E-state index contributed by atoms with van der Waals surface area (Å²) in [6, 6.07) is 6.37. The van der Waals surface area contributed by atoms with Crippen molar-refractivity contribution in [3.8, 4) is 0 Å². The Balaban J connectivity index is 1.47. The molecule has 0 radical (unpaired) electrons. The van der Waals surface area contributed by atoms with E-state index in [0.29, 0.717) is 35.1 Å². The number of fused-ring (bicyclic) bond motifs is 1. The molecule has 2 saturated heterocycles. The smallest absolute Gasteiger partial charge is 0.417 e. The molecule has 2 aromatic heterocycles. The number of H-pyrrole nitrogens is 1. The molecule has 11 heteroatoms. The zero-order valence-electron chi connectivity index (χ0n) is 19.3. The van der Waals surface area contributed by atoms with Crippen LogP contribution < -0.4 is 15.8 Å². The molecule has 4 heterocycles. The molecule has 1 spiro atoms. The van der Waals surface area contributed by atoms with Gasteiger partial charge in [-0.1, -0.05) is 25.4 Å². The molecule has 2 N–H and O–H groups in total. The highest BCUT2D eigenvalue weighted by molar-refractivity contribution is 6.31. The molecule has 10 nitrogen and oxygen atoms in total. The van der Waals surface area contributed by atoms with Crippen molar-refractivity contribution >= 4 is 40.5 Å². The van der Waals surface area contributed by atoms with E-state index in [1.54, 1.807) is 31.2 Å². The lowest BCUT2D eigenvalue weighted by atomic mass is 9.84. The predicted octanol–water partition coefficient (Wildman–Crippen LogP) is 3.60. The molecule has 0 bridgehead atoms. The van der Waals surface area contributed by atoms with Crippen LogP contribution >= 0.6 is 11.6 Å². The van der Waals surface area contributed by atoms with E-state index in [1.165, 1.54) is 4.90 Å². The average molecular weight is 485 g/mol. The monoisotopic (exact) mass is 484 g/mol. The summed E-state index contributed by atoms with van der Waals surface area (Å²) < 4.78 is 11.1. The van der Waals surface area contributed by atoms with E-state index < -0.39 is 17.7 Å². The number of carbonyl (C=O) groups is 1. The Kier molecular flexibility index (Phi) is 5.44. The second kappa shape index (κ2) is 8.21. The van der Waals surface area contributed by atoms with Gasteiger partial charge in [0.15, 0.2) is 5.60 Å². The Hall–Kier alpha value is -3.24. The van der Waals surface area contributed by atoms with E-state index in [-0.39, 0.29) is 29.4 Å². The maximum absolute atomic E-state index is 12.8. The third-order valence-corrected chi connectivity index (χ3v) is 6.46. The van der Waals surface area contributed by atoms with Crippen molar-refractivity contribution in [1.82, 2.24) is 19.9 Å². The highest BCUT2D eigenvalue weighted by atomic mass is 35.5. The van der Waals surface area contributed by atoms with Crippen molar-refractivity contribution in [2.45, 2.75) is 45.4 Å². The van der Waals surface area contributed by atoms with E-state index in [4.69, 9.17) is 21.1 Å². The van der Waals surface area contributed by atoms with Gasteiger partial charge in [-0.25, -0.2) is 9.69 Å². The van der Waals surface area contributed by atoms with Crippen molar-refractivity contribution in [1.29, 1.82) is 0 Å². The number of aryl methyl sites for hydroxylation is 1.